The number of hydrogen-bond acceptors (Lipinski definition) is 0. The highest BCUT2D eigenvalue weighted by molar-refractivity contribution is 7.21. The van der Waals surface area contributed by atoms with Crippen LogP contribution in [0.4, 0.5) is 0 Å². The van der Waals surface area contributed by atoms with Gasteiger partial charge in [0.25, 0.3) is 0 Å². The summed E-state index contributed by atoms with van der Waals surface area (Å²) in [6, 6.07) is 13.0. The van der Waals surface area contributed by atoms with Crippen LogP contribution in [0.25, 0.3) is 0 Å². The highest BCUT2D eigenvalue weighted by atomic mass is 35.6. The molecule has 0 radical (unpaired) electrons. The molecule has 1 heterocycles. The Balaban J connectivity index is 0.000000199. The summed E-state index contributed by atoms with van der Waals surface area (Å²) in [4.78, 5) is 0. The second kappa shape index (κ2) is 6.77. The van der Waals surface area contributed by atoms with Gasteiger partial charge in [-0.05, 0) is 24.1 Å². The molecule has 0 atom stereocenters. The van der Waals surface area contributed by atoms with Crippen LogP contribution < -0.4 is 0 Å². The zero-order valence-corrected chi connectivity index (χ0v) is 14.1. The molecular weight excluding hydrogens is 256 g/mol. The maximum absolute atomic E-state index is 6.69. The van der Waals surface area contributed by atoms with E-state index in [9.17, 15) is 0 Å². The first kappa shape index (κ1) is 15.8. The van der Waals surface area contributed by atoms with E-state index in [1.54, 1.807) is 0 Å². The minimum atomic E-state index is -1.37. The third kappa shape index (κ3) is 4.77. The van der Waals surface area contributed by atoms with Gasteiger partial charge in [0, 0.05) is 0 Å². The number of benzene rings is 1. The monoisotopic (exact) mass is 282 g/mol. The van der Waals surface area contributed by atoms with Crippen molar-refractivity contribution in [2.75, 3.05) is 0 Å². The molecule has 0 bridgehead atoms. The van der Waals surface area contributed by atoms with Crippen LogP contribution in [0.15, 0.2) is 30.3 Å². The zero-order valence-electron chi connectivity index (χ0n) is 12.3. The molecule has 0 nitrogen and oxygen atoms in total. The van der Waals surface area contributed by atoms with E-state index in [4.69, 9.17) is 11.1 Å². The van der Waals surface area contributed by atoms with Crippen molar-refractivity contribution in [3.05, 3.63) is 35.9 Å². The molecule has 0 N–H and O–H groups in total. The molecule has 0 unspecified atom stereocenters. The largest absolute Gasteiger partial charge is 0.166 e. The van der Waals surface area contributed by atoms with Crippen LogP contribution in [-0.4, -0.2) is 7.38 Å². The maximum atomic E-state index is 6.69. The van der Waals surface area contributed by atoms with Crippen molar-refractivity contribution in [1.82, 2.24) is 0 Å². The Kier molecular flexibility index (Phi) is 5.93. The van der Waals surface area contributed by atoms with Crippen LogP contribution in [0.2, 0.25) is 17.1 Å². The van der Waals surface area contributed by atoms with Crippen LogP contribution in [0.5, 0.6) is 0 Å². The lowest BCUT2D eigenvalue weighted by molar-refractivity contribution is 0.646. The number of rotatable bonds is 0. The van der Waals surface area contributed by atoms with Crippen LogP contribution in [0, 0.1) is 6.92 Å². The molecule has 1 aliphatic rings. The molecule has 0 aliphatic carbocycles. The quantitative estimate of drug-likeness (QED) is 0.395. The summed E-state index contributed by atoms with van der Waals surface area (Å²) < 4.78 is 0. The van der Waals surface area contributed by atoms with Crippen molar-refractivity contribution in [2.24, 2.45) is 0 Å². The normalized spacial score (nSPS) is 18.7. The van der Waals surface area contributed by atoms with Crippen LogP contribution >= 0.6 is 11.1 Å². The van der Waals surface area contributed by atoms with E-state index in [1.807, 2.05) is 18.2 Å². The Hall–Kier alpha value is -0.273. The van der Waals surface area contributed by atoms with E-state index in [0.717, 1.165) is 0 Å². The van der Waals surface area contributed by atoms with Gasteiger partial charge in [0.15, 0.2) is 7.38 Å². The van der Waals surface area contributed by atoms with Gasteiger partial charge in [-0.15, -0.1) is 0 Å². The van der Waals surface area contributed by atoms with Gasteiger partial charge in [0.2, 0.25) is 0 Å². The SMILES string of the molecule is CC(C)(C)[Si]1(Cl)CCCCC1.Cc1ccccc1. The molecule has 1 fully saturated rings. The van der Waals surface area contributed by atoms with Gasteiger partial charge in [-0.1, -0.05) is 75.9 Å². The van der Waals surface area contributed by atoms with Crippen molar-refractivity contribution < 1.29 is 0 Å². The summed E-state index contributed by atoms with van der Waals surface area (Å²) in [5.41, 5.74) is 1.32. The highest BCUT2D eigenvalue weighted by Gasteiger charge is 2.43. The molecule has 102 valence electrons. The summed E-state index contributed by atoms with van der Waals surface area (Å²) in [5, 5.41) is 0.412. The summed E-state index contributed by atoms with van der Waals surface area (Å²) >= 11 is 6.69. The number of hydrogen-bond donors (Lipinski definition) is 0. The first-order chi connectivity index (χ1) is 8.35. The zero-order chi connectivity index (χ0) is 13.6. The first-order valence-electron chi connectivity index (χ1n) is 7.06. The average Bonchev–Trinajstić information content (AvgIpc) is 2.30. The van der Waals surface area contributed by atoms with Gasteiger partial charge in [-0.25, -0.2) is 0 Å². The third-order valence-electron chi connectivity index (χ3n) is 3.93. The van der Waals surface area contributed by atoms with Crippen molar-refractivity contribution in [3.63, 3.8) is 0 Å². The first-order valence-corrected chi connectivity index (χ1v) is 10.5. The predicted molar refractivity (Wildman–Crippen MR) is 86.0 cm³/mol. The Morgan fingerprint density at radius 3 is 1.72 bits per heavy atom. The predicted octanol–water partition coefficient (Wildman–Crippen LogP) is 6.15. The van der Waals surface area contributed by atoms with Crippen LogP contribution in [0.1, 0.15) is 45.6 Å². The van der Waals surface area contributed by atoms with Gasteiger partial charge in [0.05, 0.1) is 0 Å². The second-order valence-electron chi connectivity index (χ2n) is 6.43. The van der Waals surface area contributed by atoms with Gasteiger partial charge >= 0.3 is 0 Å². The number of halogens is 1. The Morgan fingerprint density at radius 2 is 1.44 bits per heavy atom. The minimum absolute atomic E-state index is 0.412. The second-order valence-corrected chi connectivity index (χ2v) is 13.0. The number of aryl methyl sites for hydroxylation is 1. The molecule has 1 aromatic rings. The van der Waals surface area contributed by atoms with Crippen LogP contribution in [-0.2, 0) is 0 Å². The molecule has 1 aromatic carbocycles. The van der Waals surface area contributed by atoms with Gasteiger partial charge in [-0.2, -0.15) is 11.1 Å². The fourth-order valence-corrected chi connectivity index (χ4v) is 6.57. The lowest BCUT2D eigenvalue weighted by atomic mass is 10.2. The summed E-state index contributed by atoms with van der Waals surface area (Å²) in [6.45, 7) is 9.03. The van der Waals surface area contributed by atoms with E-state index >= 15 is 0 Å². The molecule has 0 aromatic heterocycles. The molecule has 2 heteroatoms. The fraction of sp³-hybridized carbons (Fsp3) is 0.625. The average molecular weight is 283 g/mol. The van der Waals surface area contributed by atoms with Gasteiger partial charge in [0.1, 0.15) is 0 Å². The molecule has 18 heavy (non-hydrogen) atoms. The van der Waals surface area contributed by atoms with Crippen molar-refractivity contribution in [2.45, 2.75) is 64.1 Å². The highest BCUT2D eigenvalue weighted by Crippen LogP contribution is 2.48. The Labute approximate surface area is 118 Å². The lowest BCUT2D eigenvalue weighted by Crippen LogP contribution is -2.39. The molecular formula is C16H27ClSi. The molecule has 0 saturated carbocycles. The van der Waals surface area contributed by atoms with E-state index in [2.05, 4.69) is 39.8 Å². The molecule has 1 saturated heterocycles. The van der Waals surface area contributed by atoms with E-state index < -0.39 is 7.38 Å². The van der Waals surface area contributed by atoms with Crippen molar-refractivity contribution >= 4 is 18.5 Å². The molecule has 2 rings (SSSR count). The van der Waals surface area contributed by atoms with Gasteiger partial charge < -0.3 is 0 Å². The Morgan fingerprint density at radius 1 is 0.944 bits per heavy atom. The van der Waals surface area contributed by atoms with E-state index in [1.165, 1.54) is 36.9 Å². The molecule has 0 amide bonds. The summed E-state index contributed by atoms with van der Waals surface area (Å²) in [6.07, 6.45) is 4.18. The fourth-order valence-electron chi connectivity index (χ4n) is 2.40. The standard InChI is InChI=1S/C9H19ClSi.C7H8/c1-9(2,3)11(10)7-5-4-6-8-11;1-7-5-3-2-4-6-7/h4-8H2,1-3H3;2-6H,1H3. The van der Waals surface area contributed by atoms with Gasteiger partial charge in [-0.3, -0.25) is 0 Å². The van der Waals surface area contributed by atoms with E-state index in [-0.39, 0.29) is 0 Å². The topological polar surface area (TPSA) is 0 Å². The summed E-state index contributed by atoms with van der Waals surface area (Å²) in [5.74, 6) is 0. The molecule has 1 aliphatic heterocycles. The van der Waals surface area contributed by atoms with Crippen molar-refractivity contribution in [3.8, 4) is 0 Å². The minimum Gasteiger partial charge on any atom is -0.166 e. The Bertz CT molecular complexity index is 334. The van der Waals surface area contributed by atoms with Crippen molar-refractivity contribution in [1.29, 1.82) is 0 Å². The van der Waals surface area contributed by atoms with Crippen LogP contribution in [0.3, 0.4) is 0 Å². The maximum Gasteiger partial charge on any atom is 0.161 e. The third-order valence-corrected chi connectivity index (χ3v) is 11.7. The summed E-state index contributed by atoms with van der Waals surface area (Å²) in [7, 11) is -1.37. The lowest BCUT2D eigenvalue weighted by Gasteiger charge is -2.40. The smallest absolute Gasteiger partial charge is 0.161 e. The van der Waals surface area contributed by atoms with E-state index in [0.29, 0.717) is 5.04 Å². The molecule has 0 spiro atoms.